The summed E-state index contributed by atoms with van der Waals surface area (Å²) in [7, 11) is -3.61. The van der Waals surface area contributed by atoms with Gasteiger partial charge in [0.2, 0.25) is 21.8 Å². The molecule has 2 N–H and O–H groups in total. The zero-order valence-corrected chi connectivity index (χ0v) is 16.8. The molecule has 0 saturated carbocycles. The number of carbonyl (C=O) groups excluding carboxylic acids is 2. The summed E-state index contributed by atoms with van der Waals surface area (Å²) in [5, 5.41) is 7.66. The minimum Gasteiger partial charge on any atom is -0.355 e. The molecule has 0 bridgehead atoms. The Morgan fingerprint density at radius 3 is 2.75 bits per heavy atom. The first-order chi connectivity index (χ1) is 13.5. The van der Waals surface area contributed by atoms with Crippen molar-refractivity contribution in [1.82, 2.24) is 14.6 Å². The first-order valence-corrected chi connectivity index (χ1v) is 11.3. The van der Waals surface area contributed by atoms with Crippen LogP contribution in [0.2, 0.25) is 0 Å². The van der Waals surface area contributed by atoms with E-state index in [0.29, 0.717) is 24.5 Å². The zero-order chi connectivity index (χ0) is 20.0. The smallest absolute Gasteiger partial charge is 0.243 e. The minimum absolute atomic E-state index is 0.129. The van der Waals surface area contributed by atoms with Crippen LogP contribution in [0.15, 0.2) is 46.8 Å². The van der Waals surface area contributed by atoms with Gasteiger partial charge in [-0.1, -0.05) is 18.2 Å². The molecule has 2 heterocycles. The van der Waals surface area contributed by atoms with E-state index in [1.165, 1.54) is 15.6 Å². The molecule has 1 aliphatic rings. The Labute approximate surface area is 168 Å². The number of hydrogen-bond acceptors (Lipinski definition) is 6. The fraction of sp³-hybridized carbons (Fsp3) is 0.389. The first kappa shape index (κ1) is 20.4. The lowest BCUT2D eigenvalue weighted by molar-refractivity contribution is -0.126. The predicted octanol–water partition coefficient (Wildman–Crippen LogP) is 1.69. The number of piperidine rings is 1. The van der Waals surface area contributed by atoms with Gasteiger partial charge in [0.05, 0.1) is 10.8 Å². The van der Waals surface area contributed by atoms with E-state index in [0.717, 1.165) is 0 Å². The predicted molar refractivity (Wildman–Crippen MR) is 106 cm³/mol. The minimum atomic E-state index is -3.61. The van der Waals surface area contributed by atoms with Crippen molar-refractivity contribution < 1.29 is 18.0 Å². The number of hydrogen-bond donors (Lipinski definition) is 2. The molecule has 1 saturated heterocycles. The third-order valence-corrected chi connectivity index (χ3v) is 7.03. The van der Waals surface area contributed by atoms with Crippen LogP contribution in [0.25, 0.3) is 0 Å². The molecule has 2 amide bonds. The number of benzene rings is 1. The maximum Gasteiger partial charge on any atom is 0.243 e. The van der Waals surface area contributed by atoms with Gasteiger partial charge in [-0.3, -0.25) is 9.59 Å². The van der Waals surface area contributed by atoms with Crippen LogP contribution in [0.1, 0.15) is 19.3 Å². The van der Waals surface area contributed by atoms with Crippen molar-refractivity contribution in [3.8, 4) is 0 Å². The highest BCUT2D eigenvalue weighted by molar-refractivity contribution is 7.89. The SMILES string of the molecule is O=C(CCNC(=O)[C@H]1CCCN(S(=O)(=O)c2ccccc2)C1)Nc1nccs1. The summed E-state index contributed by atoms with van der Waals surface area (Å²) in [6, 6.07) is 8.23. The van der Waals surface area contributed by atoms with Crippen LogP contribution in [0.4, 0.5) is 5.13 Å². The van der Waals surface area contributed by atoms with Crippen molar-refractivity contribution in [2.24, 2.45) is 5.92 Å². The number of rotatable bonds is 7. The second-order valence-corrected chi connectivity index (χ2v) is 9.27. The first-order valence-electron chi connectivity index (χ1n) is 8.99. The quantitative estimate of drug-likeness (QED) is 0.706. The van der Waals surface area contributed by atoms with Crippen molar-refractivity contribution in [1.29, 1.82) is 0 Å². The molecular weight excluding hydrogens is 400 g/mol. The molecule has 8 nitrogen and oxygen atoms in total. The van der Waals surface area contributed by atoms with Gasteiger partial charge < -0.3 is 10.6 Å². The molecule has 1 atom stereocenters. The molecule has 150 valence electrons. The average molecular weight is 423 g/mol. The normalized spacial score (nSPS) is 17.8. The van der Waals surface area contributed by atoms with E-state index in [1.54, 1.807) is 41.9 Å². The Bertz CT molecular complexity index is 901. The summed E-state index contributed by atoms with van der Waals surface area (Å²) in [4.78, 5) is 28.5. The monoisotopic (exact) mass is 422 g/mol. The molecule has 3 rings (SSSR count). The van der Waals surface area contributed by atoms with Gasteiger partial charge in [-0.2, -0.15) is 4.31 Å². The van der Waals surface area contributed by atoms with Gasteiger partial charge in [0.1, 0.15) is 0 Å². The molecule has 1 aliphatic heterocycles. The van der Waals surface area contributed by atoms with Gasteiger partial charge in [-0.15, -0.1) is 11.3 Å². The Balaban J connectivity index is 1.49. The third-order valence-electron chi connectivity index (χ3n) is 4.47. The lowest BCUT2D eigenvalue weighted by atomic mass is 9.99. The van der Waals surface area contributed by atoms with E-state index >= 15 is 0 Å². The fourth-order valence-electron chi connectivity index (χ4n) is 3.03. The highest BCUT2D eigenvalue weighted by Gasteiger charge is 2.33. The lowest BCUT2D eigenvalue weighted by Gasteiger charge is -2.31. The van der Waals surface area contributed by atoms with Gasteiger partial charge in [-0.25, -0.2) is 13.4 Å². The van der Waals surface area contributed by atoms with E-state index in [4.69, 9.17) is 0 Å². The second-order valence-electron chi connectivity index (χ2n) is 6.44. The Kier molecular flexibility index (Phi) is 6.76. The van der Waals surface area contributed by atoms with Gasteiger partial charge in [0.25, 0.3) is 0 Å². The van der Waals surface area contributed by atoms with Gasteiger partial charge in [0.15, 0.2) is 5.13 Å². The summed E-state index contributed by atoms with van der Waals surface area (Å²) < 4.78 is 26.9. The number of amides is 2. The number of nitrogens with zero attached hydrogens (tertiary/aromatic N) is 2. The van der Waals surface area contributed by atoms with E-state index in [2.05, 4.69) is 15.6 Å². The van der Waals surface area contributed by atoms with Crippen LogP contribution in [0.3, 0.4) is 0 Å². The molecule has 2 aromatic rings. The van der Waals surface area contributed by atoms with Crippen LogP contribution in [0.5, 0.6) is 0 Å². The van der Waals surface area contributed by atoms with Gasteiger partial charge in [-0.05, 0) is 25.0 Å². The summed E-state index contributed by atoms with van der Waals surface area (Å²) in [5.41, 5.74) is 0. The molecule has 10 heteroatoms. The standard InChI is InChI=1S/C18H22N4O4S2/c23-16(21-18-20-10-12-27-18)8-9-19-17(24)14-5-4-11-22(13-14)28(25,26)15-6-2-1-3-7-15/h1-3,6-7,10,12,14H,4-5,8-9,11,13H2,(H,19,24)(H,20,21,23)/t14-/m0/s1. The number of thiazole rings is 1. The Morgan fingerprint density at radius 1 is 1.25 bits per heavy atom. The maximum absolute atomic E-state index is 12.7. The number of sulfonamides is 1. The third kappa shape index (κ3) is 5.15. The molecule has 1 aromatic carbocycles. The van der Waals surface area contributed by atoms with Crippen molar-refractivity contribution in [3.05, 3.63) is 41.9 Å². The van der Waals surface area contributed by atoms with E-state index < -0.39 is 15.9 Å². The van der Waals surface area contributed by atoms with Crippen LogP contribution in [-0.2, 0) is 19.6 Å². The van der Waals surface area contributed by atoms with Crippen LogP contribution < -0.4 is 10.6 Å². The summed E-state index contributed by atoms with van der Waals surface area (Å²) in [5.74, 6) is -0.878. The van der Waals surface area contributed by atoms with E-state index in [1.807, 2.05) is 0 Å². The van der Waals surface area contributed by atoms with Crippen LogP contribution in [-0.4, -0.2) is 49.2 Å². The van der Waals surface area contributed by atoms with Crippen molar-refractivity contribution in [3.63, 3.8) is 0 Å². The number of anilines is 1. The second kappa shape index (κ2) is 9.26. The topological polar surface area (TPSA) is 108 Å². The average Bonchev–Trinajstić information content (AvgIpc) is 3.21. The Morgan fingerprint density at radius 2 is 2.04 bits per heavy atom. The van der Waals surface area contributed by atoms with Crippen molar-refractivity contribution in [2.75, 3.05) is 25.0 Å². The largest absolute Gasteiger partial charge is 0.355 e. The number of carbonyl (C=O) groups is 2. The molecule has 0 radical (unpaired) electrons. The summed E-state index contributed by atoms with van der Waals surface area (Å²) >= 11 is 1.32. The molecule has 1 aromatic heterocycles. The molecular formula is C18H22N4O4S2. The summed E-state index contributed by atoms with van der Waals surface area (Å²) in [6.07, 6.45) is 2.97. The number of aromatic nitrogens is 1. The Hall–Kier alpha value is -2.30. The molecule has 0 unspecified atom stereocenters. The highest BCUT2D eigenvalue weighted by Crippen LogP contribution is 2.23. The zero-order valence-electron chi connectivity index (χ0n) is 15.2. The van der Waals surface area contributed by atoms with E-state index in [-0.39, 0.29) is 36.2 Å². The number of nitrogens with one attached hydrogen (secondary N) is 2. The fourth-order valence-corrected chi connectivity index (χ4v) is 5.12. The van der Waals surface area contributed by atoms with Crippen LogP contribution in [0, 0.1) is 5.92 Å². The maximum atomic E-state index is 12.7. The van der Waals surface area contributed by atoms with Crippen molar-refractivity contribution >= 4 is 38.3 Å². The molecule has 1 fully saturated rings. The van der Waals surface area contributed by atoms with Crippen molar-refractivity contribution in [2.45, 2.75) is 24.2 Å². The summed E-state index contributed by atoms with van der Waals surface area (Å²) in [6.45, 7) is 0.740. The molecule has 0 aliphatic carbocycles. The van der Waals surface area contributed by atoms with Crippen LogP contribution >= 0.6 is 11.3 Å². The van der Waals surface area contributed by atoms with Gasteiger partial charge >= 0.3 is 0 Å². The van der Waals surface area contributed by atoms with E-state index in [9.17, 15) is 18.0 Å². The molecule has 28 heavy (non-hydrogen) atoms. The van der Waals surface area contributed by atoms with Gasteiger partial charge in [0, 0.05) is 37.6 Å². The highest BCUT2D eigenvalue weighted by atomic mass is 32.2. The lowest BCUT2D eigenvalue weighted by Crippen LogP contribution is -2.45. The molecule has 0 spiro atoms.